The zero-order valence-corrected chi connectivity index (χ0v) is 17.8. The van der Waals surface area contributed by atoms with Crippen LogP contribution in [0.25, 0.3) is 0 Å². The van der Waals surface area contributed by atoms with Gasteiger partial charge in [-0.2, -0.15) is 0 Å². The summed E-state index contributed by atoms with van der Waals surface area (Å²) in [7, 11) is 0. The van der Waals surface area contributed by atoms with E-state index in [1.54, 1.807) is 4.90 Å². The van der Waals surface area contributed by atoms with E-state index in [1.807, 2.05) is 45.0 Å². The van der Waals surface area contributed by atoms with Crippen LogP contribution in [-0.2, 0) is 9.59 Å². The maximum atomic E-state index is 12.5. The number of hydrogen-bond donors (Lipinski definition) is 1. The number of amides is 2. The molecule has 1 atom stereocenters. The van der Waals surface area contributed by atoms with Gasteiger partial charge >= 0.3 is 0 Å². The average molecular weight is 421 g/mol. The van der Waals surface area contributed by atoms with Crippen molar-refractivity contribution in [3.63, 3.8) is 0 Å². The molecule has 28 heavy (non-hydrogen) atoms. The second-order valence-electron chi connectivity index (χ2n) is 6.41. The lowest BCUT2D eigenvalue weighted by molar-refractivity contribution is -0.118. The number of carbonyl (C=O) groups excluding carboxylic acids is 2. The van der Waals surface area contributed by atoms with E-state index in [0.717, 1.165) is 18.6 Å². The third kappa shape index (κ3) is 5.23. The van der Waals surface area contributed by atoms with Crippen molar-refractivity contribution >= 4 is 45.7 Å². The third-order valence-electron chi connectivity index (χ3n) is 4.16. The number of aromatic nitrogens is 2. The van der Waals surface area contributed by atoms with Gasteiger partial charge in [-0.15, -0.1) is 10.2 Å². The molecule has 1 aliphatic rings. The van der Waals surface area contributed by atoms with E-state index in [2.05, 4.69) is 15.5 Å². The van der Waals surface area contributed by atoms with E-state index < -0.39 is 0 Å². The first-order valence-corrected chi connectivity index (χ1v) is 11.1. The van der Waals surface area contributed by atoms with Crippen molar-refractivity contribution in [2.24, 2.45) is 0 Å². The van der Waals surface area contributed by atoms with Gasteiger partial charge in [-0.05, 0) is 51.0 Å². The maximum Gasteiger partial charge on any atom is 0.237 e. The van der Waals surface area contributed by atoms with Crippen molar-refractivity contribution in [3.8, 4) is 5.75 Å². The van der Waals surface area contributed by atoms with Gasteiger partial charge in [-0.25, -0.2) is 0 Å². The predicted molar refractivity (Wildman–Crippen MR) is 112 cm³/mol. The summed E-state index contributed by atoms with van der Waals surface area (Å²) in [6.45, 7) is 6.20. The van der Waals surface area contributed by atoms with E-state index in [1.165, 1.54) is 23.1 Å². The van der Waals surface area contributed by atoms with E-state index >= 15 is 0 Å². The second-order valence-corrected chi connectivity index (χ2v) is 8.95. The lowest BCUT2D eigenvalue weighted by Crippen LogP contribution is -2.32. The summed E-state index contributed by atoms with van der Waals surface area (Å²) in [6, 6.07) is 7.52. The van der Waals surface area contributed by atoms with Crippen molar-refractivity contribution in [1.82, 2.24) is 10.2 Å². The summed E-state index contributed by atoms with van der Waals surface area (Å²) in [5.74, 6) is 0.720. The fourth-order valence-electron chi connectivity index (χ4n) is 2.57. The number of benzene rings is 1. The van der Waals surface area contributed by atoms with Crippen LogP contribution in [0.5, 0.6) is 5.75 Å². The molecule has 1 aromatic heterocycles. The van der Waals surface area contributed by atoms with Gasteiger partial charge in [0.1, 0.15) is 5.75 Å². The molecule has 150 valence electrons. The number of thioether (sulfide) groups is 1. The van der Waals surface area contributed by atoms with E-state index in [4.69, 9.17) is 4.74 Å². The summed E-state index contributed by atoms with van der Waals surface area (Å²) in [6.07, 6.45) is 2.46. The van der Waals surface area contributed by atoms with Gasteiger partial charge in [0.05, 0.1) is 11.9 Å². The molecule has 3 rings (SSSR count). The molecule has 2 aromatic rings. The number of nitrogens with zero attached hydrogens (tertiary/aromatic N) is 3. The van der Waals surface area contributed by atoms with Gasteiger partial charge in [0.2, 0.25) is 16.9 Å². The summed E-state index contributed by atoms with van der Waals surface area (Å²) in [5, 5.41) is 11.5. The Labute approximate surface area is 172 Å². The fourth-order valence-corrected chi connectivity index (χ4v) is 4.64. The van der Waals surface area contributed by atoms with Crippen LogP contribution in [0.2, 0.25) is 0 Å². The molecular weight excluding hydrogens is 396 g/mol. The number of ether oxygens (including phenoxy) is 1. The fraction of sp³-hybridized carbons (Fsp3) is 0.474. The summed E-state index contributed by atoms with van der Waals surface area (Å²) in [4.78, 5) is 26.4. The first-order chi connectivity index (χ1) is 13.5. The highest BCUT2D eigenvalue weighted by atomic mass is 32.2. The van der Waals surface area contributed by atoms with Crippen LogP contribution in [0.3, 0.4) is 0 Å². The number of anilines is 2. The van der Waals surface area contributed by atoms with Gasteiger partial charge in [0, 0.05) is 18.2 Å². The Morgan fingerprint density at radius 2 is 2.00 bits per heavy atom. The molecule has 7 nitrogen and oxygen atoms in total. The zero-order chi connectivity index (χ0) is 20.1. The minimum absolute atomic E-state index is 0.0662. The van der Waals surface area contributed by atoms with Gasteiger partial charge < -0.3 is 10.1 Å². The third-order valence-corrected chi connectivity index (χ3v) is 6.27. The van der Waals surface area contributed by atoms with Crippen molar-refractivity contribution < 1.29 is 14.3 Å². The first-order valence-electron chi connectivity index (χ1n) is 9.37. The van der Waals surface area contributed by atoms with E-state index in [-0.39, 0.29) is 23.1 Å². The Balaban J connectivity index is 1.58. The molecule has 1 aromatic carbocycles. The molecule has 1 saturated carbocycles. The van der Waals surface area contributed by atoms with Gasteiger partial charge in [0.25, 0.3) is 0 Å². The highest BCUT2D eigenvalue weighted by Crippen LogP contribution is 2.37. The minimum Gasteiger partial charge on any atom is -0.494 e. The highest BCUT2D eigenvalue weighted by Gasteiger charge is 2.35. The Hall–Kier alpha value is -2.13. The topological polar surface area (TPSA) is 84.4 Å². The number of hydrogen-bond acceptors (Lipinski definition) is 7. The largest absolute Gasteiger partial charge is 0.494 e. The van der Waals surface area contributed by atoms with Crippen LogP contribution in [0, 0.1) is 0 Å². The van der Waals surface area contributed by atoms with Gasteiger partial charge in [0.15, 0.2) is 4.34 Å². The van der Waals surface area contributed by atoms with Crippen molar-refractivity contribution in [1.29, 1.82) is 0 Å². The maximum absolute atomic E-state index is 12.5. The Kier molecular flexibility index (Phi) is 6.90. The molecule has 0 spiro atoms. The summed E-state index contributed by atoms with van der Waals surface area (Å²) < 4.78 is 6.08. The molecule has 1 N–H and O–H groups in total. The highest BCUT2D eigenvalue weighted by molar-refractivity contribution is 8.02. The molecule has 2 amide bonds. The molecule has 0 saturated heterocycles. The predicted octanol–water partition coefficient (Wildman–Crippen LogP) is 3.96. The summed E-state index contributed by atoms with van der Waals surface area (Å²) in [5.41, 5.74) is 0.715. The Bertz CT molecular complexity index is 821. The van der Waals surface area contributed by atoms with E-state index in [0.29, 0.717) is 28.2 Å². The molecule has 0 radical (unpaired) electrons. The Morgan fingerprint density at radius 3 is 2.61 bits per heavy atom. The van der Waals surface area contributed by atoms with E-state index in [9.17, 15) is 9.59 Å². The quantitative estimate of drug-likeness (QED) is 0.488. The molecular formula is C19H24N4O3S2. The first kappa shape index (κ1) is 20.6. The molecule has 1 heterocycles. The standard InChI is InChI=1S/C19H24N4O3S2/c1-4-16(24)23(14-8-9-14)18-21-22-19(28-18)27-12(3)17(25)20-13-6-10-15(11-7-13)26-5-2/h6-7,10-12,14H,4-5,8-9H2,1-3H3,(H,20,25). The molecule has 0 bridgehead atoms. The summed E-state index contributed by atoms with van der Waals surface area (Å²) >= 11 is 2.70. The second kappa shape index (κ2) is 9.38. The minimum atomic E-state index is -0.344. The number of nitrogens with one attached hydrogen (secondary N) is 1. The van der Waals surface area contributed by atoms with Crippen LogP contribution >= 0.6 is 23.1 Å². The molecule has 1 aliphatic carbocycles. The van der Waals surface area contributed by atoms with Crippen LogP contribution in [0.15, 0.2) is 28.6 Å². The van der Waals surface area contributed by atoms with Crippen molar-refractivity contribution in [2.75, 3.05) is 16.8 Å². The van der Waals surface area contributed by atoms with Crippen LogP contribution in [-0.4, -0.2) is 39.9 Å². The number of rotatable bonds is 9. The Morgan fingerprint density at radius 1 is 1.29 bits per heavy atom. The zero-order valence-electron chi connectivity index (χ0n) is 16.2. The SMILES string of the molecule is CCOc1ccc(NC(=O)C(C)Sc2nnc(N(C(=O)CC)C3CC3)s2)cc1. The monoisotopic (exact) mass is 420 g/mol. The smallest absolute Gasteiger partial charge is 0.237 e. The van der Waals surface area contributed by atoms with Crippen LogP contribution in [0.1, 0.15) is 40.0 Å². The molecule has 9 heteroatoms. The van der Waals surface area contributed by atoms with Gasteiger partial charge in [-0.3, -0.25) is 14.5 Å². The number of carbonyl (C=O) groups is 2. The van der Waals surface area contributed by atoms with Crippen molar-refractivity contribution in [3.05, 3.63) is 24.3 Å². The van der Waals surface area contributed by atoms with Crippen LogP contribution in [0.4, 0.5) is 10.8 Å². The average Bonchev–Trinajstić information content (AvgIpc) is 3.42. The molecule has 1 unspecified atom stereocenters. The molecule has 1 fully saturated rings. The molecule has 0 aliphatic heterocycles. The van der Waals surface area contributed by atoms with Gasteiger partial charge in [-0.1, -0.05) is 30.0 Å². The lowest BCUT2D eigenvalue weighted by Gasteiger charge is -2.17. The van der Waals surface area contributed by atoms with Crippen molar-refractivity contribution in [2.45, 2.75) is 55.7 Å². The normalized spacial score (nSPS) is 14.4. The lowest BCUT2D eigenvalue weighted by atomic mass is 10.3. The van der Waals surface area contributed by atoms with Crippen LogP contribution < -0.4 is 15.0 Å².